The van der Waals surface area contributed by atoms with Crippen molar-refractivity contribution in [3.8, 4) is 22.4 Å². The number of likely N-dealkylation sites (tertiary alicyclic amines) is 1. The van der Waals surface area contributed by atoms with Crippen LogP contribution in [0.25, 0.3) is 28.0 Å². The van der Waals surface area contributed by atoms with E-state index in [0.29, 0.717) is 49.4 Å². The first-order valence-electron chi connectivity index (χ1n) is 12.1. The van der Waals surface area contributed by atoms with Crippen molar-refractivity contribution < 1.29 is 14.3 Å². The number of aldehydes is 1. The number of fused-ring (bicyclic) bond motifs is 1. The van der Waals surface area contributed by atoms with E-state index in [0.717, 1.165) is 28.7 Å². The maximum Gasteiger partial charge on any atom is 0.248 e. The van der Waals surface area contributed by atoms with Gasteiger partial charge in [-0.15, -0.1) is 0 Å². The summed E-state index contributed by atoms with van der Waals surface area (Å²) in [5.41, 5.74) is 11.5. The summed E-state index contributed by atoms with van der Waals surface area (Å²) in [7, 11) is 0. The fourth-order valence-corrected chi connectivity index (χ4v) is 4.70. The lowest BCUT2D eigenvalue weighted by molar-refractivity contribution is -0.137. The predicted octanol–water partition coefficient (Wildman–Crippen LogP) is 3.60. The van der Waals surface area contributed by atoms with Crippen LogP contribution in [0.5, 0.6) is 0 Å². The molecule has 1 aliphatic rings. The number of anilines is 1. The number of nitrogens with two attached hydrogens (primary N) is 1. The first-order chi connectivity index (χ1) is 17.6. The molecule has 0 unspecified atom stereocenters. The van der Waals surface area contributed by atoms with Crippen LogP contribution < -0.4 is 5.73 Å². The molecule has 1 aromatic carbocycles. The molecule has 0 radical (unpaired) electrons. The SMILES string of the molecule is CCOCC(=O)N1CCC(c2nc3c(-c4ccc(-c5ccccc5)nc4)cnn3c(N)c2C=O)CC1. The zero-order chi connectivity index (χ0) is 25.1. The van der Waals surface area contributed by atoms with E-state index in [2.05, 4.69) is 10.1 Å². The van der Waals surface area contributed by atoms with Crippen molar-refractivity contribution in [1.29, 1.82) is 0 Å². The summed E-state index contributed by atoms with van der Waals surface area (Å²) in [6, 6.07) is 13.9. The normalized spacial score (nSPS) is 14.3. The Morgan fingerprint density at radius 2 is 1.89 bits per heavy atom. The molecule has 9 heteroatoms. The van der Waals surface area contributed by atoms with E-state index in [1.165, 1.54) is 4.52 Å². The smallest absolute Gasteiger partial charge is 0.248 e. The molecule has 0 bridgehead atoms. The molecule has 1 saturated heterocycles. The number of nitrogens with zero attached hydrogens (tertiary/aromatic N) is 5. The Hall–Kier alpha value is -4.11. The second-order valence-corrected chi connectivity index (χ2v) is 8.80. The van der Waals surface area contributed by atoms with E-state index in [9.17, 15) is 9.59 Å². The molecule has 1 aliphatic heterocycles. The highest BCUT2D eigenvalue weighted by molar-refractivity contribution is 5.87. The van der Waals surface area contributed by atoms with Crippen molar-refractivity contribution in [3.05, 3.63) is 66.1 Å². The fourth-order valence-electron chi connectivity index (χ4n) is 4.70. The van der Waals surface area contributed by atoms with Crippen molar-refractivity contribution >= 4 is 23.7 Å². The molecule has 36 heavy (non-hydrogen) atoms. The maximum atomic E-state index is 12.3. The van der Waals surface area contributed by atoms with Crippen LogP contribution in [0.15, 0.2) is 54.9 Å². The second kappa shape index (κ2) is 10.2. The standard InChI is InChI=1S/C27H28N6O3/c1-2-36-17-24(35)32-12-10-19(11-13-32)25-22(16-34)26(28)33-27(31-25)21(15-30-33)20-8-9-23(29-14-20)18-6-4-3-5-7-18/h3-9,14-16,19H,2,10-13,17,28H2,1H3. The third-order valence-corrected chi connectivity index (χ3v) is 6.68. The van der Waals surface area contributed by atoms with Gasteiger partial charge in [0.05, 0.1) is 23.1 Å². The average molecular weight is 485 g/mol. The Morgan fingerprint density at radius 1 is 1.11 bits per heavy atom. The molecule has 0 atom stereocenters. The minimum absolute atomic E-state index is 0.00924. The lowest BCUT2D eigenvalue weighted by Crippen LogP contribution is -2.40. The number of benzene rings is 1. The zero-order valence-electron chi connectivity index (χ0n) is 20.1. The van der Waals surface area contributed by atoms with Crippen molar-refractivity contribution in [1.82, 2.24) is 24.5 Å². The van der Waals surface area contributed by atoms with E-state index < -0.39 is 0 Å². The van der Waals surface area contributed by atoms with Crippen LogP contribution in [0, 0.1) is 0 Å². The molecule has 9 nitrogen and oxygen atoms in total. The van der Waals surface area contributed by atoms with Crippen LogP contribution in [0.4, 0.5) is 5.82 Å². The number of piperidine rings is 1. The molecule has 3 aromatic heterocycles. The van der Waals surface area contributed by atoms with Gasteiger partial charge in [-0.2, -0.15) is 9.61 Å². The van der Waals surface area contributed by atoms with E-state index in [1.54, 1.807) is 17.3 Å². The highest BCUT2D eigenvalue weighted by Crippen LogP contribution is 2.34. The lowest BCUT2D eigenvalue weighted by atomic mass is 9.90. The van der Waals surface area contributed by atoms with Crippen molar-refractivity contribution in [3.63, 3.8) is 0 Å². The van der Waals surface area contributed by atoms with E-state index in [1.807, 2.05) is 49.4 Å². The number of carbonyl (C=O) groups excluding carboxylic acids is 2. The summed E-state index contributed by atoms with van der Waals surface area (Å²) < 4.78 is 6.77. The summed E-state index contributed by atoms with van der Waals surface area (Å²) in [5.74, 6) is 0.258. The monoisotopic (exact) mass is 484 g/mol. The molecule has 0 spiro atoms. The summed E-state index contributed by atoms with van der Waals surface area (Å²) in [4.78, 5) is 35.7. The van der Waals surface area contributed by atoms with Gasteiger partial charge in [-0.25, -0.2) is 4.98 Å². The summed E-state index contributed by atoms with van der Waals surface area (Å²) in [6.07, 6.45) is 5.63. The first kappa shape index (κ1) is 23.6. The van der Waals surface area contributed by atoms with E-state index >= 15 is 0 Å². The average Bonchev–Trinajstić information content (AvgIpc) is 3.37. The van der Waals surface area contributed by atoms with Crippen LogP contribution in [-0.2, 0) is 9.53 Å². The molecule has 0 saturated carbocycles. The summed E-state index contributed by atoms with van der Waals surface area (Å²) in [5, 5.41) is 4.41. The minimum atomic E-state index is -0.0154. The molecule has 4 heterocycles. The number of hydrogen-bond donors (Lipinski definition) is 1. The molecule has 0 aliphatic carbocycles. The molecular formula is C27H28N6O3. The topological polar surface area (TPSA) is 116 Å². The number of carbonyl (C=O) groups is 2. The Balaban J connectivity index is 1.45. The zero-order valence-corrected chi connectivity index (χ0v) is 20.1. The molecular weight excluding hydrogens is 456 g/mol. The van der Waals surface area contributed by atoms with Crippen LogP contribution in [0.2, 0.25) is 0 Å². The van der Waals surface area contributed by atoms with Gasteiger partial charge in [0.25, 0.3) is 0 Å². The van der Waals surface area contributed by atoms with Gasteiger partial charge in [-0.05, 0) is 25.8 Å². The summed E-state index contributed by atoms with van der Waals surface area (Å²) >= 11 is 0. The predicted molar refractivity (Wildman–Crippen MR) is 137 cm³/mol. The Morgan fingerprint density at radius 3 is 2.56 bits per heavy atom. The number of amides is 1. The quantitative estimate of drug-likeness (QED) is 0.399. The molecule has 5 rings (SSSR count). The summed E-state index contributed by atoms with van der Waals surface area (Å²) in [6.45, 7) is 3.63. The van der Waals surface area contributed by atoms with Crippen LogP contribution in [-0.4, -0.2) is 63.0 Å². The lowest BCUT2D eigenvalue weighted by Gasteiger charge is -2.32. The van der Waals surface area contributed by atoms with Crippen molar-refractivity contribution in [2.24, 2.45) is 0 Å². The highest BCUT2D eigenvalue weighted by atomic mass is 16.5. The van der Waals surface area contributed by atoms with Crippen LogP contribution >= 0.6 is 0 Å². The third-order valence-electron chi connectivity index (χ3n) is 6.68. The van der Waals surface area contributed by atoms with Crippen molar-refractivity contribution in [2.45, 2.75) is 25.7 Å². The minimum Gasteiger partial charge on any atom is -0.383 e. The van der Waals surface area contributed by atoms with Gasteiger partial charge in [-0.1, -0.05) is 36.4 Å². The van der Waals surface area contributed by atoms with Crippen LogP contribution in [0.1, 0.15) is 41.7 Å². The first-order valence-corrected chi connectivity index (χ1v) is 12.1. The van der Waals surface area contributed by atoms with Crippen LogP contribution in [0.3, 0.4) is 0 Å². The highest BCUT2D eigenvalue weighted by Gasteiger charge is 2.28. The van der Waals surface area contributed by atoms with Crippen molar-refractivity contribution in [2.75, 3.05) is 32.0 Å². The third kappa shape index (κ3) is 4.45. The van der Waals surface area contributed by atoms with E-state index in [4.69, 9.17) is 15.5 Å². The number of rotatable bonds is 7. The van der Waals surface area contributed by atoms with Gasteiger partial charge in [0.2, 0.25) is 5.91 Å². The largest absolute Gasteiger partial charge is 0.383 e. The van der Waals surface area contributed by atoms with Gasteiger partial charge in [0.15, 0.2) is 11.9 Å². The van der Waals surface area contributed by atoms with Gasteiger partial charge in [0, 0.05) is 48.5 Å². The van der Waals surface area contributed by atoms with Gasteiger partial charge in [0.1, 0.15) is 12.4 Å². The van der Waals surface area contributed by atoms with Gasteiger partial charge >= 0.3 is 0 Å². The molecule has 184 valence electrons. The number of hydrogen-bond acceptors (Lipinski definition) is 7. The maximum absolute atomic E-state index is 12.3. The Bertz CT molecular complexity index is 1380. The molecule has 1 fully saturated rings. The molecule has 1 amide bonds. The number of pyridine rings is 1. The fraction of sp³-hybridized carbons (Fsp3) is 0.296. The van der Waals surface area contributed by atoms with Gasteiger partial charge < -0.3 is 15.4 Å². The Labute approximate surface area is 208 Å². The second-order valence-electron chi connectivity index (χ2n) is 8.80. The van der Waals surface area contributed by atoms with Gasteiger partial charge in [-0.3, -0.25) is 14.6 Å². The molecule has 2 N–H and O–H groups in total. The number of ether oxygens (including phenoxy) is 1. The van der Waals surface area contributed by atoms with E-state index in [-0.39, 0.29) is 24.2 Å². The molecule has 4 aromatic rings. The number of nitrogen functional groups attached to an aromatic ring is 1. The Kier molecular flexibility index (Phi) is 6.73. The number of aromatic nitrogens is 4.